The van der Waals surface area contributed by atoms with Crippen molar-refractivity contribution in [2.75, 3.05) is 67.1 Å². The fourth-order valence-corrected chi connectivity index (χ4v) is 4.14. The summed E-state index contributed by atoms with van der Waals surface area (Å²) in [5.41, 5.74) is 0. The number of aliphatic imine (C=N–C) groups is 1. The van der Waals surface area contributed by atoms with E-state index < -0.39 is 0 Å². The molecule has 0 aliphatic carbocycles. The molecule has 8 heteroatoms. The van der Waals surface area contributed by atoms with E-state index in [9.17, 15) is 0 Å². The van der Waals surface area contributed by atoms with Gasteiger partial charge in [-0.1, -0.05) is 6.07 Å². The maximum Gasteiger partial charge on any atom is 0.191 e. The Morgan fingerprint density at radius 1 is 1.32 bits per heavy atom. The summed E-state index contributed by atoms with van der Waals surface area (Å²) in [4.78, 5) is 10.7. The summed E-state index contributed by atoms with van der Waals surface area (Å²) in [5.74, 6) is 1.65. The number of nitrogens with one attached hydrogen (secondary N) is 2. The minimum absolute atomic E-state index is 0. The number of rotatable bonds is 11. The Balaban J connectivity index is 0.00000392. The Morgan fingerprint density at radius 2 is 2.11 bits per heavy atom. The first kappa shape index (κ1) is 25.6. The van der Waals surface area contributed by atoms with Gasteiger partial charge in [0.1, 0.15) is 0 Å². The van der Waals surface area contributed by atoms with E-state index in [2.05, 4.69) is 50.0 Å². The molecule has 1 fully saturated rings. The molecule has 0 aromatic carbocycles. The van der Waals surface area contributed by atoms with E-state index in [0.29, 0.717) is 0 Å². The Morgan fingerprint density at radius 3 is 2.75 bits per heavy atom. The molecule has 0 radical (unpaired) electrons. The van der Waals surface area contributed by atoms with Gasteiger partial charge < -0.3 is 20.3 Å². The van der Waals surface area contributed by atoms with Crippen molar-refractivity contribution in [3.63, 3.8) is 0 Å². The van der Waals surface area contributed by atoms with Crippen molar-refractivity contribution in [2.45, 2.75) is 25.8 Å². The van der Waals surface area contributed by atoms with Crippen molar-refractivity contribution < 1.29 is 4.74 Å². The molecule has 1 aromatic rings. The summed E-state index contributed by atoms with van der Waals surface area (Å²) >= 11 is 1.86. The van der Waals surface area contributed by atoms with Gasteiger partial charge in [-0.05, 0) is 56.8 Å². The molecule has 2 heterocycles. The maximum absolute atomic E-state index is 5.10. The van der Waals surface area contributed by atoms with Crippen LogP contribution in [0.25, 0.3) is 0 Å². The highest BCUT2D eigenvalue weighted by atomic mass is 127. The molecule has 1 aliphatic heterocycles. The second-order valence-corrected chi connectivity index (χ2v) is 8.36. The van der Waals surface area contributed by atoms with Gasteiger partial charge in [0.15, 0.2) is 5.96 Å². The normalized spacial score (nSPS) is 16.2. The predicted octanol–water partition coefficient (Wildman–Crippen LogP) is 2.71. The fraction of sp³-hybridized carbons (Fsp3) is 0.750. The number of hydrogen-bond acceptors (Lipinski definition) is 5. The lowest BCUT2D eigenvalue weighted by Gasteiger charge is -2.32. The zero-order valence-corrected chi connectivity index (χ0v) is 20.8. The van der Waals surface area contributed by atoms with E-state index in [4.69, 9.17) is 4.74 Å². The number of piperidine rings is 1. The Hall–Kier alpha value is -0.420. The minimum Gasteiger partial charge on any atom is -0.385 e. The van der Waals surface area contributed by atoms with Crippen molar-refractivity contribution in [1.29, 1.82) is 0 Å². The van der Waals surface area contributed by atoms with Gasteiger partial charge in [-0.3, -0.25) is 9.89 Å². The van der Waals surface area contributed by atoms with E-state index in [-0.39, 0.29) is 24.0 Å². The molecule has 0 atom stereocenters. The third kappa shape index (κ3) is 10.4. The molecular formula is C20H38IN5OS. The van der Waals surface area contributed by atoms with Crippen LogP contribution in [0.1, 0.15) is 24.1 Å². The standard InChI is InChI=1S/C20H37N5OS.HI/c1-21-20(22-9-13-24(2)10-5-14-26-3)23-16-18-7-11-25(12-8-18)17-19-6-4-15-27-19;/h4,6,15,18H,5,7-14,16-17H2,1-3H3,(H2,21,22,23);1H. The van der Waals surface area contributed by atoms with Gasteiger partial charge in [0.05, 0.1) is 0 Å². The summed E-state index contributed by atoms with van der Waals surface area (Å²) in [6.45, 7) is 8.31. The van der Waals surface area contributed by atoms with Crippen molar-refractivity contribution in [3.05, 3.63) is 22.4 Å². The first-order chi connectivity index (χ1) is 13.2. The molecule has 0 unspecified atom stereocenters. The van der Waals surface area contributed by atoms with Gasteiger partial charge in [-0.2, -0.15) is 0 Å². The maximum atomic E-state index is 5.10. The van der Waals surface area contributed by atoms with Crippen LogP contribution in [0, 0.1) is 5.92 Å². The number of likely N-dealkylation sites (N-methyl/N-ethyl adjacent to an activating group) is 1. The van der Waals surface area contributed by atoms with Crippen LogP contribution in [-0.2, 0) is 11.3 Å². The Kier molecular flexibility index (Phi) is 14.1. The van der Waals surface area contributed by atoms with Crippen LogP contribution >= 0.6 is 35.3 Å². The van der Waals surface area contributed by atoms with Crippen LogP contribution in [0.15, 0.2) is 22.5 Å². The smallest absolute Gasteiger partial charge is 0.191 e. The van der Waals surface area contributed by atoms with E-state index in [1.807, 2.05) is 18.4 Å². The lowest BCUT2D eigenvalue weighted by molar-refractivity contribution is 0.179. The first-order valence-electron chi connectivity index (χ1n) is 10.1. The average molecular weight is 524 g/mol. The first-order valence-corrected chi connectivity index (χ1v) is 11.0. The number of ether oxygens (including phenoxy) is 1. The van der Waals surface area contributed by atoms with E-state index in [1.54, 1.807) is 7.11 Å². The molecule has 0 saturated carbocycles. The summed E-state index contributed by atoms with van der Waals surface area (Å²) < 4.78 is 5.10. The summed E-state index contributed by atoms with van der Waals surface area (Å²) in [5, 5.41) is 9.10. The number of nitrogens with zero attached hydrogens (tertiary/aromatic N) is 3. The third-order valence-corrected chi connectivity index (χ3v) is 5.98. The summed E-state index contributed by atoms with van der Waals surface area (Å²) in [7, 11) is 5.75. The van der Waals surface area contributed by atoms with Gasteiger partial charge in [0, 0.05) is 58.4 Å². The highest BCUT2D eigenvalue weighted by Gasteiger charge is 2.19. The lowest BCUT2D eigenvalue weighted by Crippen LogP contribution is -2.44. The SMILES string of the molecule is CN=C(NCCN(C)CCCOC)NCC1CCN(Cc2cccs2)CC1.I. The summed E-state index contributed by atoms with van der Waals surface area (Å²) in [6.07, 6.45) is 3.60. The molecule has 0 amide bonds. The number of likely N-dealkylation sites (tertiary alicyclic amines) is 1. The number of halogens is 1. The number of methoxy groups -OCH3 is 1. The quantitative estimate of drug-likeness (QED) is 0.202. The third-order valence-electron chi connectivity index (χ3n) is 5.12. The van der Waals surface area contributed by atoms with Crippen molar-refractivity contribution in [2.24, 2.45) is 10.9 Å². The Labute approximate surface area is 192 Å². The molecular weight excluding hydrogens is 485 g/mol. The zero-order valence-electron chi connectivity index (χ0n) is 17.7. The molecule has 6 nitrogen and oxygen atoms in total. The van der Waals surface area contributed by atoms with Gasteiger partial charge >= 0.3 is 0 Å². The lowest BCUT2D eigenvalue weighted by atomic mass is 9.97. The largest absolute Gasteiger partial charge is 0.385 e. The zero-order chi connectivity index (χ0) is 19.3. The monoisotopic (exact) mass is 523 g/mol. The van der Waals surface area contributed by atoms with Crippen LogP contribution in [-0.4, -0.2) is 82.8 Å². The molecule has 162 valence electrons. The van der Waals surface area contributed by atoms with Crippen LogP contribution in [0.3, 0.4) is 0 Å². The number of thiophene rings is 1. The van der Waals surface area contributed by atoms with E-state index >= 15 is 0 Å². The van der Waals surface area contributed by atoms with Gasteiger partial charge in [-0.15, -0.1) is 35.3 Å². The molecule has 0 spiro atoms. The molecule has 1 aliphatic rings. The van der Waals surface area contributed by atoms with Gasteiger partial charge in [0.25, 0.3) is 0 Å². The Bertz CT molecular complexity index is 521. The van der Waals surface area contributed by atoms with E-state index in [0.717, 1.165) is 57.6 Å². The second-order valence-electron chi connectivity index (χ2n) is 7.33. The molecule has 2 rings (SSSR count). The van der Waals surface area contributed by atoms with Crippen LogP contribution in [0.2, 0.25) is 0 Å². The molecule has 1 aromatic heterocycles. The van der Waals surface area contributed by atoms with Gasteiger partial charge in [0.2, 0.25) is 0 Å². The number of guanidine groups is 1. The van der Waals surface area contributed by atoms with Crippen LogP contribution in [0.4, 0.5) is 0 Å². The van der Waals surface area contributed by atoms with E-state index in [1.165, 1.54) is 30.8 Å². The molecule has 2 N–H and O–H groups in total. The highest BCUT2D eigenvalue weighted by Crippen LogP contribution is 2.20. The average Bonchev–Trinajstić information content (AvgIpc) is 3.19. The molecule has 28 heavy (non-hydrogen) atoms. The second kappa shape index (κ2) is 15.4. The van der Waals surface area contributed by atoms with Crippen LogP contribution < -0.4 is 10.6 Å². The van der Waals surface area contributed by atoms with Crippen molar-refractivity contribution in [3.8, 4) is 0 Å². The van der Waals surface area contributed by atoms with Crippen LogP contribution in [0.5, 0.6) is 0 Å². The number of hydrogen-bond donors (Lipinski definition) is 2. The molecule has 1 saturated heterocycles. The van der Waals surface area contributed by atoms with Gasteiger partial charge in [-0.25, -0.2) is 0 Å². The topological polar surface area (TPSA) is 52.1 Å². The fourth-order valence-electron chi connectivity index (χ4n) is 3.39. The minimum atomic E-state index is 0. The molecule has 0 bridgehead atoms. The highest BCUT2D eigenvalue weighted by molar-refractivity contribution is 14.0. The summed E-state index contributed by atoms with van der Waals surface area (Å²) in [6, 6.07) is 4.38. The predicted molar refractivity (Wildman–Crippen MR) is 131 cm³/mol. The van der Waals surface area contributed by atoms with Crippen molar-refractivity contribution in [1.82, 2.24) is 20.4 Å². The van der Waals surface area contributed by atoms with Crippen molar-refractivity contribution >= 4 is 41.3 Å².